The fraction of sp³-hybridized carbons (Fsp3) is 0.940. The van der Waals surface area contributed by atoms with Crippen LogP contribution in [0.15, 0.2) is 12.2 Å². The maximum atomic E-state index is 12.7. The van der Waals surface area contributed by atoms with Gasteiger partial charge in [0.1, 0.15) is 0 Å². The average Bonchev–Trinajstić information content (AvgIpc) is 3.55. The molecule has 0 aliphatic heterocycles. The summed E-state index contributed by atoms with van der Waals surface area (Å²) in [7, 11) is 0. The van der Waals surface area contributed by atoms with Gasteiger partial charge in [-0.2, -0.15) is 0 Å². The largest absolute Gasteiger partial charge is 0.374 e. The third-order valence-electron chi connectivity index (χ3n) is 16.2. The van der Waals surface area contributed by atoms with Gasteiger partial charge in [0.15, 0.2) is 0 Å². The molecule has 0 unspecified atom stereocenters. The smallest absolute Gasteiger partial charge is 0.220 e. The summed E-state index contributed by atoms with van der Waals surface area (Å²) in [5, 5.41) is 6.66. The summed E-state index contributed by atoms with van der Waals surface area (Å²) < 4.78 is 6.53. The summed E-state index contributed by atoms with van der Waals surface area (Å²) in [5.74, 6) is 5.22. The predicted molar refractivity (Wildman–Crippen MR) is 236 cm³/mol. The van der Waals surface area contributed by atoms with Crippen molar-refractivity contribution in [3.63, 3.8) is 0 Å². The Bertz CT molecular complexity index is 1050. The highest BCUT2D eigenvalue weighted by molar-refractivity contribution is 5.75. The van der Waals surface area contributed by atoms with Crippen LogP contribution in [0.5, 0.6) is 0 Å². The zero-order valence-electron chi connectivity index (χ0n) is 37.1. The number of carbonyl (C=O) groups excluding carboxylic acids is 1. The molecule has 4 rings (SSSR count). The van der Waals surface area contributed by atoms with E-state index in [0.29, 0.717) is 29.3 Å². The molecular weight excluding hydrogens is 675 g/mol. The molecule has 4 aliphatic rings. The van der Waals surface area contributed by atoms with Crippen LogP contribution in [-0.4, -0.2) is 44.8 Å². The molecule has 0 aromatic heterocycles. The van der Waals surface area contributed by atoms with Gasteiger partial charge in [0.2, 0.25) is 5.91 Å². The van der Waals surface area contributed by atoms with Crippen LogP contribution >= 0.6 is 0 Å². The second-order valence-corrected chi connectivity index (χ2v) is 19.9. The lowest BCUT2D eigenvalue weighted by Crippen LogP contribution is -2.54. The summed E-state index contributed by atoms with van der Waals surface area (Å²) in [4.78, 5) is 12.7. The lowest BCUT2D eigenvalue weighted by molar-refractivity contribution is -0.135. The van der Waals surface area contributed by atoms with E-state index in [1.165, 1.54) is 154 Å². The van der Waals surface area contributed by atoms with Gasteiger partial charge in [0, 0.05) is 13.0 Å². The molecule has 1 amide bonds. The van der Waals surface area contributed by atoms with Gasteiger partial charge in [-0.25, -0.2) is 0 Å². The predicted octanol–water partition coefficient (Wildman–Crippen LogP) is 12.7. The molecule has 5 nitrogen and oxygen atoms in total. The number of hydrogen-bond donors (Lipinski definition) is 3. The average molecular weight is 768 g/mol. The minimum absolute atomic E-state index is 0.250. The van der Waals surface area contributed by atoms with Crippen molar-refractivity contribution in [2.24, 2.45) is 52.1 Å². The van der Waals surface area contributed by atoms with E-state index in [9.17, 15) is 4.79 Å². The number of nitrogens with two attached hydrogens (primary N) is 1. The van der Waals surface area contributed by atoms with E-state index in [-0.39, 0.29) is 5.91 Å². The van der Waals surface area contributed by atoms with Gasteiger partial charge in [-0.15, -0.1) is 0 Å². The normalized spacial score (nSPS) is 30.9. The molecule has 4 fully saturated rings. The van der Waals surface area contributed by atoms with Crippen LogP contribution in [0.25, 0.3) is 0 Å². The van der Waals surface area contributed by atoms with Crippen molar-refractivity contribution in [3.05, 3.63) is 12.2 Å². The van der Waals surface area contributed by atoms with Crippen molar-refractivity contribution in [2.45, 2.75) is 220 Å². The summed E-state index contributed by atoms with van der Waals surface area (Å²) in [5.41, 5.74) is 6.55. The Morgan fingerprint density at radius 1 is 0.727 bits per heavy atom. The second-order valence-electron chi connectivity index (χ2n) is 19.9. The molecular formula is C50H93N3O2. The molecule has 0 aromatic rings. The van der Waals surface area contributed by atoms with Crippen LogP contribution in [0.1, 0.15) is 214 Å². The highest BCUT2D eigenvalue weighted by atomic mass is 16.5. The number of nitrogens with one attached hydrogen (secondary N) is 2. The van der Waals surface area contributed by atoms with Crippen molar-refractivity contribution in [1.29, 1.82) is 0 Å². The van der Waals surface area contributed by atoms with Crippen LogP contribution in [0.3, 0.4) is 0 Å². The monoisotopic (exact) mass is 768 g/mol. The molecule has 4 N–H and O–H groups in total. The Kier molecular flexibility index (Phi) is 22.3. The van der Waals surface area contributed by atoms with E-state index >= 15 is 0 Å². The third kappa shape index (κ3) is 15.0. The number of unbranched alkanes of at least 4 members (excludes halogenated alkanes) is 15. The van der Waals surface area contributed by atoms with Crippen molar-refractivity contribution in [3.8, 4) is 0 Å². The summed E-state index contributed by atoms with van der Waals surface area (Å²) in [6.07, 6.45) is 43.8. The third-order valence-corrected chi connectivity index (χ3v) is 16.2. The molecule has 5 heteroatoms. The standard InChI is InChI=1S/C50H93N3O2/c1-5-6-7-8-9-10-11-12-13-14-15-16-17-18-19-20-23-39-55-43-31-33-49(3)42(40-43)26-27-44-46-29-28-45(50(46,4)34-32-47(44)49)41(2)25-30-48(54)53-38-24-37-52-36-22-21-35-51/h20,23,41-47,52H,5-19,21-22,24-40,51H2,1-4H3,(H,53,54)/b23-20+/t41-,42-,43+,44+,45-,46+,47+,49+,50-/m1/s1. The summed E-state index contributed by atoms with van der Waals surface area (Å²) in [6, 6.07) is 0. The number of ether oxygens (including phenoxy) is 1. The maximum Gasteiger partial charge on any atom is 0.220 e. The highest BCUT2D eigenvalue weighted by Crippen LogP contribution is 2.68. The second kappa shape index (κ2) is 26.2. The Morgan fingerprint density at radius 2 is 1.38 bits per heavy atom. The molecule has 0 radical (unpaired) electrons. The number of amides is 1. The van der Waals surface area contributed by atoms with Crippen LogP contribution < -0.4 is 16.4 Å². The number of hydrogen-bond acceptors (Lipinski definition) is 4. The van der Waals surface area contributed by atoms with Crippen LogP contribution in [-0.2, 0) is 9.53 Å². The fourth-order valence-electron chi connectivity index (χ4n) is 12.8. The molecule has 4 aliphatic carbocycles. The Labute approximate surface area is 342 Å². The van der Waals surface area contributed by atoms with Crippen LogP contribution in [0, 0.1) is 46.3 Å². The fourth-order valence-corrected chi connectivity index (χ4v) is 12.8. The van der Waals surface area contributed by atoms with Crippen molar-refractivity contribution < 1.29 is 9.53 Å². The maximum absolute atomic E-state index is 12.7. The molecule has 4 saturated carbocycles. The number of rotatable bonds is 30. The van der Waals surface area contributed by atoms with Gasteiger partial charge in [-0.05, 0) is 162 Å². The van der Waals surface area contributed by atoms with E-state index in [0.717, 1.165) is 88.1 Å². The first-order valence-corrected chi connectivity index (χ1v) is 24.8. The molecule has 0 aromatic carbocycles. The van der Waals surface area contributed by atoms with E-state index in [1.807, 2.05) is 0 Å². The van der Waals surface area contributed by atoms with Crippen LogP contribution in [0.4, 0.5) is 0 Å². The molecule has 0 heterocycles. The molecule has 9 atom stereocenters. The molecule has 55 heavy (non-hydrogen) atoms. The zero-order valence-corrected chi connectivity index (χ0v) is 37.1. The summed E-state index contributed by atoms with van der Waals surface area (Å²) >= 11 is 0. The Morgan fingerprint density at radius 3 is 2.09 bits per heavy atom. The Balaban J connectivity index is 1.05. The number of carbonyl (C=O) groups is 1. The zero-order chi connectivity index (χ0) is 39.2. The molecule has 320 valence electrons. The molecule has 0 spiro atoms. The first-order chi connectivity index (χ1) is 26.8. The molecule has 0 saturated heterocycles. The minimum Gasteiger partial charge on any atom is -0.374 e. The quantitative estimate of drug-likeness (QED) is 0.0502. The van der Waals surface area contributed by atoms with Crippen molar-refractivity contribution in [1.82, 2.24) is 10.6 Å². The SMILES string of the molecule is CCCCCCCCCCCCCCCC/C=C/CO[C@H]1CC[C@@]2(C)[C@H](CC[C@@H]3[C@@H]2CC[C@]2(C)[C@@H]([C@H](C)CCC(=O)NCCCNCCCCN)CC[C@@H]32)C1. The molecule has 0 bridgehead atoms. The number of fused-ring (bicyclic) bond motifs is 5. The first kappa shape index (κ1) is 46.8. The minimum atomic E-state index is 0.250. The highest BCUT2D eigenvalue weighted by Gasteiger charge is 2.60. The van der Waals surface area contributed by atoms with Crippen molar-refractivity contribution in [2.75, 3.05) is 32.8 Å². The Hall–Kier alpha value is -0.910. The van der Waals surface area contributed by atoms with E-state index in [2.05, 4.69) is 50.5 Å². The van der Waals surface area contributed by atoms with Gasteiger partial charge in [-0.3, -0.25) is 4.79 Å². The lowest BCUT2D eigenvalue weighted by atomic mass is 9.44. The van der Waals surface area contributed by atoms with Crippen LogP contribution in [0.2, 0.25) is 0 Å². The summed E-state index contributed by atoms with van der Waals surface area (Å²) in [6.45, 7) is 14.5. The van der Waals surface area contributed by atoms with Gasteiger partial charge in [0.25, 0.3) is 0 Å². The van der Waals surface area contributed by atoms with E-state index < -0.39 is 0 Å². The van der Waals surface area contributed by atoms with Gasteiger partial charge in [0.05, 0.1) is 12.7 Å². The van der Waals surface area contributed by atoms with E-state index in [1.54, 1.807) is 0 Å². The van der Waals surface area contributed by atoms with Gasteiger partial charge < -0.3 is 21.1 Å². The lowest BCUT2D eigenvalue weighted by Gasteiger charge is -2.61. The topological polar surface area (TPSA) is 76.4 Å². The van der Waals surface area contributed by atoms with Gasteiger partial charge in [-0.1, -0.05) is 123 Å². The van der Waals surface area contributed by atoms with Gasteiger partial charge >= 0.3 is 0 Å². The van der Waals surface area contributed by atoms with Crippen molar-refractivity contribution >= 4 is 5.91 Å². The first-order valence-electron chi connectivity index (χ1n) is 24.8. The van der Waals surface area contributed by atoms with E-state index in [4.69, 9.17) is 10.5 Å². The number of allylic oxidation sites excluding steroid dienone is 1.